The molecular formula is C25H38F2N4O3. The van der Waals surface area contributed by atoms with E-state index in [1.54, 1.807) is 6.92 Å². The number of pyridine rings is 1. The lowest BCUT2D eigenvalue weighted by Gasteiger charge is -2.25. The topological polar surface area (TPSA) is 94.6 Å². The van der Waals surface area contributed by atoms with Crippen LogP contribution in [0.2, 0.25) is 0 Å². The van der Waals surface area contributed by atoms with Crippen LogP contribution in [0, 0.1) is 0 Å². The molecule has 9 heteroatoms. The van der Waals surface area contributed by atoms with Crippen LogP contribution in [0.3, 0.4) is 0 Å². The summed E-state index contributed by atoms with van der Waals surface area (Å²) >= 11 is 0. The molecule has 1 amide bonds. The lowest BCUT2D eigenvalue weighted by molar-refractivity contribution is -0.152. The zero-order chi connectivity index (χ0) is 24.6. The summed E-state index contributed by atoms with van der Waals surface area (Å²) in [4.78, 5) is 30.5. The van der Waals surface area contributed by atoms with Gasteiger partial charge in [0.15, 0.2) is 0 Å². The summed E-state index contributed by atoms with van der Waals surface area (Å²) < 4.78 is 28.0. The Morgan fingerprint density at radius 2 is 2.06 bits per heavy atom. The fourth-order valence-corrected chi connectivity index (χ4v) is 4.37. The number of aliphatic carboxylic acids is 1. The number of rotatable bonds is 15. The van der Waals surface area contributed by atoms with E-state index >= 15 is 0 Å². The van der Waals surface area contributed by atoms with Crippen molar-refractivity contribution in [3.8, 4) is 0 Å². The number of nitrogens with zero attached hydrogens (tertiary/aromatic N) is 2. The Labute approximate surface area is 200 Å². The molecule has 1 aromatic rings. The van der Waals surface area contributed by atoms with Crippen LogP contribution in [0.4, 0.5) is 14.6 Å². The standard InChI is InChI=1S/C25H38F2N4O3/c1-2-3-14-25(26,27)24(34)30-21(23(32)33)13-17-31(20-11-12-20)16-5-4-8-19-10-9-18-7-6-15-28-22(18)29-19/h9-10,20-21H,2-8,11-17H2,1H3,(H,28,29)(H,30,34)(H,32,33). The van der Waals surface area contributed by atoms with E-state index in [2.05, 4.69) is 27.7 Å². The molecular weight excluding hydrogens is 442 g/mol. The van der Waals surface area contributed by atoms with Gasteiger partial charge in [-0.3, -0.25) is 4.79 Å². The molecule has 0 aromatic carbocycles. The van der Waals surface area contributed by atoms with Crippen LogP contribution in [-0.4, -0.2) is 64.5 Å². The average molecular weight is 481 g/mol. The maximum atomic E-state index is 14.0. The minimum Gasteiger partial charge on any atom is -0.480 e. The lowest BCUT2D eigenvalue weighted by Crippen LogP contribution is -2.49. The first-order chi connectivity index (χ1) is 16.3. The number of carboxylic acid groups (broad SMARTS) is 1. The van der Waals surface area contributed by atoms with Gasteiger partial charge in [0.25, 0.3) is 5.91 Å². The predicted molar refractivity (Wildman–Crippen MR) is 127 cm³/mol. The number of hydrogen-bond acceptors (Lipinski definition) is 5. The number of carbonyl (C=O) groups excluding carboxylic acids is 1. The number of aryl methyl sites for hydroxylation is 2. The van der Waals surface area contributed by atoms with E-state index in [-0.39, 0.29) is 12.8 Å². The number of carbonyl (C=O) groups is 2. The summed E-state index contributed by atoms with van der Waals surface area (Å²) in [6.07, 6.45) is 7.44. The van der Waals surface area contributed by atoms with Crippen molar-refractivity contribution in [2.45, 2.75) is 95.6 Å². The Hall–Kier alpha value is -2.29. The molecule has 1 fully saturated rings. The van der Waals surface area contributed by atoms with E-state index in [0.717, 1.165) is 69.5 Å². The van der Waals surface area contributed by atoms with E-state index in [0.29, 0.717) is 19.0 Å². The molecule has 1 unspecified atom stereocenters. The highest BCUT2D eigenvalue weighted by Gasteiger charge is 2.40. The van der Waals surface area contributed by atoms with E-state index in [1.807, 2.05) is 0 Å². The summed E-state index contributed by atoms with van der Waals surface area (Å²) in [5.41, 5.74) is 2.35. The van der Waals surface area contributed by atoms with Crippen molar-refractivity contribution in [1.82, 2.24) is 15.2 Å². The number of fused-ring (bicyclic) bond motifs is 1. The van der Waals surface area contributed by atoms with Crippen LogP contribution in [0.5, 0.6) is 0 Å². The number of anilines is 1. The maximum absolute atomic E-state index is 14.0. The van der Waals surface area contributed by atoms with Crippen molar-refractivity contribution in [2.24, 2.45) is 0 Å². The molecule has 7 nitrogen and oxygen atoms in total. The van der Waals surface area contributed by atoms with Crippen LogP contribution < -0.4 is 10.6 Å². The molecule has 1 aliphatic carbocycles. The monoisotopic (exact) mass is 480 g/mol. The molecule has 1 saturated carbocycles. The molecule has 3 rings (SSSR count). The van der Waals surface area contributed by atoms with Gasteiger partial charge in [0, 0.05) is 31.2 Å². The molecule has 0 saturated heterocycles. The summed E-state index contributed by atoms with van der Waals surface area (Å²) in [6.45, 7) is 4.01. The Bertz CT molecular complexity index is 832. The summed E-state index contributed by atoms with van der Waals surface area (Å²) in [6, 6.07) is 3.36. The van der Waals surface area contributed by atoms with Gasteiger partial charge in [0.05, 0.1) is 0 Å². The normalized spacial score (nSPS) is 16.6. The molecule has 34 heavy (non-hydrogen) atoms. The molecule has 2 heterocycles. The summed E-state index contributed by atoms with van der Waals surface area (Å²) in [5, 5.41) is 14.9. The van der Waals surface area contributed by atoms with Gasteiger partial charge >= 0.3 is 11.9 Å². The van der Waals surface area contributed by atoms with E-state index < -0.39 is 30.3 Å². The van der Waals surface area contributed by atoms with Crippen LogP contribution >= 0.6 is 0 Å². The van der Waals surface area contributed by atoms with Gasteiger partial charge in [-0.05, 0) is 76.0 Å². The SMILES string of the molecule is CCCCC(F)(F)C(=O)NC(CCN(CCCCc1ccc2c(n1)NCCC2)C1CC1)C(=O)O. The highest BCUT2D eigenvalue weighted by Crippen LogP contribution is 2.28. The van der Waals surface area contributed by atoms with Crippen molar-refractivity contribution in [3.05, 3.63) is 23.4 Å². The number of amides is 1. The van der Waals surface area contributed by atoms with Crippen LogP contribution in [0.1, 0.15) is 76.0 Å². The van der Waals surface area contributed by atoms with Crippen molar-refractivity contribution in [1.29, 1.82) is 0 Å². The summed E-state index contributed by atoms with van der Waals surface area (Å²) in [5.74, 6) is -5.30. The van der Waals surface area contributed by atoms with Crippen molar-refractivity contribution in [3.63, 3.8) is 0 Å². The first-order valence-electron chi connectivity index (χ1n) is 12.7. The Kier molecular flexibility index (Phi) is 9.62. The zero-order valence-corrected chi connectivity index (χ0v) is 20.1. The van der Waals surface area contributed by atoms with Gasteiger partial charge < -0.3 is 20.6 Å². The van der Waals surface area contributed by atoms with Gasteiger partial charge in [-0.1, -0.05) is 19.4 Å². The molecule has 2 aliphatic rings. The third kappa shape index (κ3) is 7.89. The number of carboxylic acids is 1. The number of halogens is 2. The fraction of sp³-hybridized carbons (Fsp3) is 0.720. The molecule has 190 valence electrons. The minimum atomic E-state index is -3.54. The lowest BCUT2D eigenvalue weighted by atomic mass is 10.1. The smallest absolute Gasteiger partial charge is 0.326 e. The Balaban J connectivity index is 1.43. The molecule has 1 atom stereocenters. The second-order valence-corrected chi connectivity index (χ2v) is 9.53. The van der Waals surface area contributed by atoms with Crippen molar-refractivity contribution < 1.29 is 23.5 Å². The first kappa shape index (κ1) is 26.3. The van der Waals surface area contributed by atoms with Gasteiger partial charge in [-0.15, -0.1) is 0 Å². The quantitative estimate of drug-likeness (QED) is 0.329. The first-order valence-corrected chi connectivity index (χ1v) is 12.7. The predicted octanol–water partition coefficient (Wildman–Crippen LogP) is 4.01. The number of unbranched alkanes of at least 4 members (excludes halogenated alkanes) is 2. The Morgan fingerprint density at radius 3 is 2.76 bits per heavy atom. The van der Waals surface area contributed by atoms with E-state index in [9.17, 15) is 23.5 Å². The third-order valence-corrected chi connectivity index (χ3v) is 6.63. The van der Waals surface area contributed by atoms with Crippen LogP contribution in [-0.2, 0) is 22.4 Å². The minimum absolute atomic E-state index is 0.111. The largest absolute Gasteiger partial charge is 0.480 e. The van der Waals surface area contributed by atoms with E-state index in [1.165, 1.54) is 5.56 Å². The average Bonchev–Trinajstić information content (AvgIpc) is 3.66. The van der Waals surface area contributed by atoms with Gasteiger partial charge in [-0.2, -0.15) is 8.78 Å². The molecule has 1 aromatic heterocycles. The highest BCUT2D eigenvalue weighted by atomic mass is 19.3. The molecule has 0 bridgehead atoms. The van der Waals surface area contributed by atoms with Crippen molar-refractivity contribution >= 4 is 17.7 Å². The van der Waals surface area contributed by atoms with Gasteiger partial charge in [-0.25, -0.2) is 9.78 Å². The molecule has 0 spiro atoms. The zero-order valence-electron chi connectivity index (χ0n) is 20.1. The fourth-order valence-electron chi connectivity index (χ4n) is 4.37. The van der Waals surface area contributed by atoms with Gasteiger partial charge in [0.1, 0.15) is 11.9 Å². The molecule has 0 radical (unpaired) electrons. The maximum Gasteiger partial charge on any atom is 0.326 e. The van der Waals surface area contributed by atoms with Crippen molar-refractivity contribution in [2.75, 3.05) is 25.0 Å². The third-order valence-electron chi connectivity index (χ3n) is 6.63. The Morgan fingerprint density at radius 1 is 1.26 bits per heavy atom. The molecule has 3 N–H and O–H groups in total. The van der Waals surface area contributed by atoms with Crippen LogP contribution in [0.15, 0.2) is 12.1 Å². The summed E-state index contributed by atoms with van der Waals surface area (Å²) in [7, 11) is 0. The van der Waals surface area contributed by atoms with Gasteiger partial charge in [0.2, 0.25) is 0 Å². The second kappa shape index (κ2) is 12.4. The van der Waals surface area contributed by atoms with E-state index in [4.69, 9.17) is 4.98 Å². The van der Waals surface area contributed by atoms with Crippen LogP contribution in [0.25, 0.3) is 0 Å². The highest BCUT2D eigenvalue weighted by molar-refractivity contribution is 5.88. The molecule has 1 aliphatic heterocycles. The second-order valence-electron chi connectivity index (χ2n) is 9.53. The number of aromatic nitrogens is 1. The number of nitrogens with one attached hydrogen (secondary N) is 2. The number of alkyl halides is 2. The number of hydrogen-bond donors (Lipinski definition) is 3.